The number of benzene rings is 2. The average Bonchev–Trinajstić information content (AvgIpc) is 3.33. The third kappa shape index (κ3) is 4.05. The molecule has 31 heavy (non-hydrogen) atoms. The van der Waals surface area contributed by atoms with E-state index < -0.39 is 11.6 Å². The minimum Gasteiger partial charge on any atom is -0.406 e. The molecule has 7 nitrogen and oxygen atoms in total. The fourth-order valence-corrected chi connectivity index (χ4v) is 4.27. The van der Waals surface area contributed by atoms with E-state index >= 15 is 0 Å². The summed E-state index contributed by atoms with van der Waals surface area (Å²) >= 11 is 0. The second kappa shape index (κ2) is 8.14. The zero-order chi connectivity index (χ0) is 21.4. The number of hydrogen-bond acceptors (Lipinski definition) is 5. The van der Waals surface area contributed by atoms with Crippen LogP contribution in [0.25, 0.3) is 22.0 Å². The molecule has 0 spiro atoms. The molecule has 0 bridgehead atoms. The molecule has 1 fully saturated rings. The number of unbranched alkanes of at least 4 members (excludes halogenated alkanes) is 1. The van der Waals surface area contributed by atoms with Gasteiger partial charge in [-0.2, -0.15) is 5.10 Å². The Morgan fingerprint density at radius 1 is 1.00 bits per heavy atom. The summed E-state index contributed by atoms with van der Waals surface area (Å²) in [5.74, 6) is -1.22. The lowest BCUT2D eigenvalue weighted by Crippen LogP contribution is -2.46. The van der Waals surface area contributed by atoms with Crippen molar-refractivity contribution >= 4 is 27.7 Å². The quantitative estimate of drug-likeness (QED) is 0.478. The number of hydrogen-bond donors (Lipinski definition) is 1. The fourth-order valence-electron chi connectivity index (χ4n) is 4.27. The first-order valence-electron chi connectivity index (χ1n) is 10.5. The number of aryl methyl sites for hydroxylation is 1. The maximum Gasteiger partial charge on any atom is 0.417 e. The third-order valence-corrected chi connectivity index (χ3v) is 5.88. The molecule has 0 atom stereocenters. The van der Waals surface area contributed by atoms with Crippen LogP contribution in [0.1, 0.15) is 12.8 Å². The van der Waals surface area contributed by atoms with Gasteiger partial charge in [0.2, 0.25) is 0 Å². The molecule has 162 valence electrons. The lowest BCUT2D eigenvalue weighted by Gasteiger charge is -2.36. The average molecular weight is 427 g/mol. The van der Waals surface area contributed by atoms with Gasteiger partial charge in [0.15, 0.2) is 5.58 Å². The third-order valence-electron chi connectivity index (χ3n) is 5.88. The monoisotopic (exact) mass is 427 g/mol. The van der Waals surface area contributed by atoms with E-state index in [4.69, 9.17) is 4.42 Å². The van der Waals surface area contributed by atoms with E-state index in [1.807, 2.05) is 4.68 Å². The smallest absolute Gasteiger partial charge is 0.406 e. The van der Waals surface area contributed by atoms with Gasteiger partial charge in [-0.25, -0.2) is 13.6 Å². The Labute approximate surface area is 176 Å². The normalized spacial score (nSPS) is 15.4. The molecule has 4 aromatic rings. The van der Waals surface area contributed by atoms with Crippen molar-refractivity contribution in [1.29, 1.82) is 0 Å². The van der Waals surface area contributed by atoms with Gasteiger partial charge in [-0.05, 0) is 37.6 Å². The van der Waals surface area contributed by atoms with Crippen molar-refractivity contribution in [2.45, 2.75) is 19.4 Å². The molecule has 0 unspecified atom stereocenters. The summed E-state index contributed by atoms with van der Waals surface area (Å²) in [6, 6.07) is 7.42. The molecule has 5 rings (SSSR count). The highest BCUT2D eigenvalue weighted by Crippen LogP contribution is 2.27. The maximum atomic E-state index is 14.0. The van der Waals surface area contributed by atoms with Crippen molar-refractivity contribution in [1.82, 2.24) is 19.7 Å². The number of halogens is 2. The highest BCUT2D eigenvalue weighted by molar-refractivity contribution is 5.86. The molecule has 2 aromatic heterocycles. The number of fused-ring (bicyclic) bond motifs is 2. The van der Waals surface area contributed by atoms with Crippen LogP contribution in [-0.4, -0.2) is 52.4 Å². The van der Waals surface area contributed by atoms with Crippen LogP contribution in [-0.2, 0) is 6.54 Å². The number of rotatable bonds is 6. The van der Waals surface area contributed by atoms with E-state index in [0.29, 0.717) is 16.8 Å². The van der Waals surface area contributed by atoms with Gasteiger partial charge in [-0.1, -0.05) is 0 Å². The standard InChI is InChI=1S/C22H23F2N5O2/c23-16-4-3-15-14-25-29(19(15)12-16)6-2-1-5-27-7-9-28(10-8-27)20-13-17(24)11-18-21(20)31-22(30)26-18/h3-4,11-14H,1-2,5-10H2,(H,26,30). The predicted octanol–water partition coefficient (Wildman–Crippen LogP) is 3.35. The van der Waals surface area contributed by atoms with Gasteiger partial charge in [0.05, 0.1) is 22.9 Å². The maximum absolute atomic E-state index is 14.0. The van der Waals surface area contributed by atoms with Crippen molar-refractivity contribution in [2.75, 3.05) is 37.6 Å². The van der Waals surface area contributed by atoms with Crippen LogP contribution in [0.3, 0.4) is 0 Å². The zero-order valence-corrected chi connectivity index (χ0v) is 17.0. The summed E-state index contributed by atoms with van der Waals surface area (Å²) in [6.45, 7) is 4.87. The second-order valence-corrected chi connectivity index (χ2v) is 7.92. The van der Waals surface area contributed by atoms with Crippen LogP contribution >= 0.6 is 0 Å². The van der Waals surface area contributed by atoms with Crippen LogP contribution in [0.2, 0.25) is 0 Å². The fraction of sp³-hybridized carbons (Fsp3) is 0.364. The highest BCUT2D eigenvalue weighted by Gasteiger charge is 2.21. The topological polar surface area (TPSA) is 70.3 Å². The van der Waals surface area contributed by atoms with Crippen LogP contribution < -0.4 is 10.7 Å². The second-order valence-electron chi connectivity index (χ2n) is 7.92. The van der Waals surface area contributed by atoms with E-state index in [-0.39, 0.29) is 5.82 Å². The number of nitrogens with one attached hydrogen (secondary N) is 1. The first kappa shape index (κ1) is 19.7. The lowest BCUT2D eigenvalue weighted by atomic mass is 10.2. The Bertz CT molecular complexity index is 1270. The Kier molecular flexibility index (Phi) is 5.19. The van der Waals surface area contributed by atoms with E-state index in [1.165, 1.54) is 24.3 Å². The molecule has 0 amide bonds. The summed E-state index contributed by atoms with van der Waals surface area (Å²) in [7, 11) is 0. The SMILES string of the molecule is O=c1[nH]c2cc(F)cc(N3CCN(CCCCn4ncc5ccc(F)cc54)CC3)c2o1. The van der Waals surface area contributed by atoms with Crippen molar-refractivity contribution in [3.63, 3.8) is 0 Å². The van der Waals surface area contributed by atoms with Crippen molar-refractivity contribution in [2.24, 2.45) is 0 Å². The first-order chi connectivity index (χ1) is 15.1. The van der Waals surface area contributed by atoms with Gasteiger partial charge in [-0.15, -0.1) is 0 Å². The summed E-state index contributed by atoms with van der Waals surface area (Å²) in [6.07, 6.45) is 3.73. The molecule has 2 aromatic carbocycles. The molecule has 1 aliphatic heterocycles. The largest absolute Gasteiger partial charge is 0.417 e. The summed E-state index contributed by atoms with van der Waals surface area (Å²) in [5.41, 5.74) is 2.23. The predicted molar refractivity (Wildman–Crippen MR) is 114 cm³/mol. The van der Waals surface area contributed by atoms with Crippen LogP contribution in [0.4, 0.5) is 14.5 Å². The molecular formula is C22H23F2N5O2. The molecule has 0 saturated carbocycles. The van der Waals surface area contributed by atoms with Gasteiger partial charge in [0.25, 0.3) is 0 Å². The van der Waals surface area contributed by atoms with Gasteiger partial charge in [-0.3, -0.25) is 14.6 Å². The number of piperazine rings is 1. The number of H-pyrrole nitrogens is 1. The number of nitrogens with zero attached hydrogens (tertiary/aromatic N) is 4. The first-order valence-corrected chi connectivity index (χ1v) is 10.5. The Hall–Kier alpha value is -3.20. The van der Waals surface area contributed by atoms with Crippen LogP contribution in [0.15, 0.2) is 45.7 Å². The number of oxazole rings is 1. The van der Waals surface area contributed by atoms with E-state index in [0.717, 1.165) is 63.0 Å². The van der Waals surface area contributed by atoms with Gasteiger partial charge in [0.1, 0.15) is 11.6 Å². The molecule has 1 N–H and O–H groups in total. The molecule has 0 aliphatic carbocycles. The van der Waals surface area contributed by atoms with Crippen molar-refractivity contribution in [3.05, 3.63) is 58.7 Å². The summed E-state index contributed by atoms with van der Waals surface area (Å²) < 4.78 is 34.5. The van der Waals surface area contributed by atoms with E-state index in [2.05, 4.69) is 19.9 Å². The Morgan fingerprint density at radius 3 is 2.65 bits per heavy atom. The molecule has 9 heteroatoms. The lowest BCUT2D eigenvalue weighted by molar-refractivity contribution is 0.251. The number of aromatic nitrogens is 3. The van der Waals surface area contributed by atoms with Crippen LogP contribution in [0.5, 0.6) is 0 Å². The van der Waals surface area contributed by atoms with Crippen molar-refractivity contribution in [3.8, 4) is 0 Å². The number of aromatic amines is 1. The molecule has 1 saturated heterocycles. The summed E-state index contributed by atoms with van der Waals surface area (Å²) in [5, 5.41) is 5.31. The van der Waals surface area contributed by atoms with E-state index in [9.17, 15) is 13.6 Å². The van der Waals surface area contributed by atoms with Crippen molar-refractivity contribution < 1.29 is 13.2 Å². The summed E-state index contributed by atoms with van der Waals surface area (Å²) in [4.78, 5) is 18.5. The molecule has 1 aliphatic rings. The minimum atomic E-state index is -0.576. The van der Waals surface area contributed by atoms with Gasteiger partial charge < -0.3 is 9.32 Å². The highest BCUT2D eigenvalue weighted by atomic mass is 19.1. The molecule has 0 radical (unpaired) electrons. The van der Waals surface area contributed by atoms with Gasteiger partial charge >= 0.3 is 5.76 Å². The van der Waals surface area contributed by atoms with E-state index in [1.54, 1.807) is 12.3 Å². The Morgan fingerprint density at radius 2 is 1.81 bits per heavy atom. The number of anilines is 1. The van der Waals surface area contributed by atoms with Crippen LogP contribution in [0, 0.1) is 11.6 Å². The van der Waals surface area contributed by atoms with Gasteiger partial charge in [0, 0.05) is 50.2 Å². The molecule has 3 heterocycles. The Balaban J connectivity index is 1.14. The zero-order valence-electron chi connectivity index (χ0n) is 17.0. The minimum absolute atomic E-state index is 0.249. The molecular weight excluding hydrogens is 404 g/mol.